The predicted octanol–water partition coefficient (Wildman–Crippen LogP) is 8.70. The van der Waals surface area contributed by atoms with Gasteiger partial charge in [-0.15, -0.1) is 0 Å². The molecule has 0 bridgehead atoms. The van der Waals surface area contributed by atoms with Gasteiger partial charge in [-0.05, 0) is 61.2 Å². The molecule has 1 aliphatic rings. The highest BCUT2D eigenvalue weighted by molar-refractivity contribution is 7.99. The minimum atomic E-state index is -0.333. The number of aryl methyl sites for hydroxylation is 1. The van der Waals surface area contributed by atoms with Gasteiger partial charge in [0.05, 0.1) is 11.3 Å². The number of carbonyl (C=O) groups is 1. The lowest BCUT2D eigenvalue weighted by Crippen LogP contribution is -2.23. The highest BCUT2D eigenvalue weighted by Crippen LogP contribution is 2.36. The molecular weight excluding hydrogens is 554 g/mol. The van der Waals surface area contributed by atoms with Crippen LogP contribution in [0.25, 0.3) is 22.3 Å². The van der Waals surface area contributed by atoms with Gasteiger partial charge in [-0.1, -0.05) is 74.5 Å². The number of fused-ring (bicyclic) bond motifs is 1. The Hall–Kier alpha value is -2.94. The fraction of sp³-hybridized carbons (Fsp3) is 0.364. The third kappa shape index (κ3) is 9.28. The quantitative estimate of drug-likeness (QED) is 0.206. The molecule has 0 atom stereocenters. The number of hydrogen-bond donors (Lipinski definition) is 1. The van der Waals surface area contributed by atoms with Gasteiger partial charge in [-0.3, -0.25) is 9.10 Å². The van der Waals surface area contributed by atoms with Gasteiger partial charge in [0, 0.05) is 56.2 Å². The summed E-state index contributed by atoms with van der Waals surface area (Å²) in [6.45, 7) is 6.58. The summed E-state index contributed by atoms with van der Waals surface area (Å²) in [5, 5.41) is 3.37. The number of piperidine rings is 1. The van der Waals surface area contributed by atoms with Crippen molar-refractivity contribution in [2.24, 2.45) is 0 Å². The van der Waals surface area contributed by atoms with Gasteiger partial charge in [0.1, 0.15) is 17.2 Å². The van der Waals surface area contributed by atoms with Gasteiger partial charge in [-0.2, -0.15) is 0 Å². The molecule has 4 aromatic rings. The summed E-state index contributed by atoms with van der Waals surface area (Å²) < 4.78 is 23.7. The Labute approximate surface area is 253 Å². The minimum absolute atomic E-state index is 0.237. The Kier molecular flexibility index (Phi) is 13.6. The van der Waals surface area contributed by atoms with Crippen LogP contribution in [0.4, 0.5) is 10.1 Å². The highest BCUT2D eigenvalue weighted by atomic mass is 32.2. The Bertz CT molecular complexity index is 1340. The van der Waals surface area contributed by atoms with E-state index in [0.717, 1.165) is 11.1 Å². The smallest absolute Gasteiger partial charge is 0.255 e. The molecule has 1 N–H and O–H groups in total. The number of hydrogen-bond acceptors (Lipinski definition) is 6. The maximum Gasteiger partial charge on any atom is 0.255 e. The molecule has 0 saturated carbocycles. The van der Waals surface area contributed by atoms with Crippen molar-refractivity contribution in [1.82, 2.24) is 9.62 Å². The van der Waals surface area contributed by atoms with Crippen molar-refractivity contribution in [1.29, 1.82) is 0 Å². The van der Waals surface area contributed by atoms with Gasteiger partial charge in [0.15, 0.2) is 0 Å². The van der Waals surface area contributed by atoms with Crippen molar-refractivity contribution < 1.29 is 13.6 Å². The summed E-state index contributed by atoms with van der Waals surface area (Å²) in [4.78, 5) is 12.4. The summed E-state index contributed by atoms with van der Waals surface area (Å²) in [6.07, 6.45) is 7.38. The van der Waals surface area contributed by atoms with E-state index < -0.39 is 0 Å². The maximum atomic E-state index is 13.2. The molecule has 41 heavy (non-hydrogen) atoms. The highest BCUT2D eigenvalue weighted by Gasteiger charge is 2.22. The van der Waals surface area contributed by atoms with Crippen molar-refractivity contribution in [3.8, 4) is 11.3 Å². The molecule has 2 heterocycles. The monoisotopic (exact) mass is 595 g/mol. The first kappa shape index (κ1) is 32.6. The lowest BCUT2D eigenvalue weighted by molar-refractivity contribution is 0.0964. The number of carbonyl (C=O) groups excluding carboxylic acids is 1. The molecule has 1 aromatic heterocycles. The van der Waals surface area contributed by atoms with Crippen LogP contribution in [0, 0.1) is 5.82 Å². The predicted molar refractivity (Wildman–Crippen MR) is 176 cm³/mol. The van der Waals surface area contributed by atoms with Crippen LogP contribution in [0.2, 0.25) is 0 Å². The summed E-state index contributed by atoms with van der Waals surface area (Å²) in [7, 11) is 3.53. The molecule has 220 valence electrons. The molecule has 1 amide bonds. The van der Waals surface area contributed by atoms with E-state index in [0.29, 0.717) is 22.5 Å². The molecule has 1 fully saturated rings. The topological polar surface area (TPSA) is 48.7 Å². The van der Waals surface area contributed by atoms with Gasteiger partial charge in [-0.25, -0.2) is 4.39 Å². The molecule has 0 aliphatic carbocycles. The standard InChI is InChI=1S/C18H17FN2O2S.C13H19NS.C2H6/c1-20-18(22)16-14-9-8-13(21(2)24-3)10-15(14)23-17(16)11-4-6-12(19)7-5-11;1-3-7-13(8-4-1)9-12-15-14-10-5-2-6-11-14;1-2/h4-10H,1-3H3,(H,20,22);1,3-4,7-8H,2,5-6,9-12H2;1-2H3. The fourth-order valence-electron chi connectivity index (χ4n) is 4.47. The molecule has 0 spiro atoms. The zero-order valence-corrected chi connectivity index (χ0v) is 26.4. The minimum Gasteiger partial charge on any atom is -0.455 e. The molecule has 3 aromatic carbocycles. The number of benzene rings is 3. The molecule has 8 heteroatoms. The molecule has 1 saturated heterocycles. The fourth-order valence-corrected chi connectivity index (χ4v) is 5.90. The summed E-state index contributed by atoms with van der Waals surface area (Å²) >= 11 is 3.60. The molecule has 0 unspecified atom stereocenters. The van der Waals surface area contributed by atoms with E-state index in [9.17, 15) is 9.18 Å². The number of rotatable bonds is 8. The van der Waals surface area contributed by atoms with Crippen molar-refractivity contribution in [3.05, 3.63) is 89.7 Å². The lowest BCUT2D eigenvalue weighted by atomic mass is 10.0. The van der Waals surface area contributed by atoms with Gasteiger partial charge < -0.3 is 14.0 Å². The zero-order valence-electron chi connectivity index (χ0n) is 24.8. The number of anilines is 1. The van der Waals surface area contributed by atoms with Crippen molar-refractivity contribution >= 4 is 46.5 Å². The first-order chi connectivity index (χ1) is 20.0. The Balaban J connectivity index is 0.000000233. The lowest BCUT2D eigenvalue weighted by Gasteiger charge is -2.25. The molecular formula is C33H42FN3O2S2. The second-order valence-electron chi connectivity index (χ2n) is 9.31. The number of nitrogens with zero attached hydrogens (tertiary/aromatic N) is 2. The Morgan fingerprint density at radius 3 is 2.32 bits per heavy atom. The van der Waals surface area contributed by atoms with Crippen LogP contribution >= 0.6 is 23.9 Å². The van der Waals surface area contributed by atoms with Crippen molar-refractivity contribution in [3.63, 3.8) is 0 Å². The van der Waals surface area contributed by atoms with Gasteiger partial charge in [0.25, 0.3) is 5.91 Å². The van der Waals surface area contributed by atoms with E-state index in [-0.39, 0.29) is 11.7 Å². The summed E-state index contributed by atoms with van der Waals surface area (Å²) in [6, 6.07) is 22.4. The van der Waals surface area contributed by atoms with Crippen LogP contribution in [-0.2, 0) is 6.42 Å². The van der Waals surface area contributed by atoms with Crippen LogP contribution in [-0.4, -0.2) is 49.4 Å². The number of nitrogens with one attached hydrogen (secondary N) is 1. The second kappa shape index (κ2) is 17.1. The number of halogens is 1. The Morgan fingerprint density at radius 2 is 1.68 bits per heavy atom. The normalized spacial score (nSPS) is 13.0. The molecule has 0 radical (unpaired) electrons. The number of amides is 1. The zero-order chi connectivity index (χ0) is 29.6. The maximum absolute atomic E-state index is 13.2. The van der Waals surface area contributed by atoms with E-state index >= 15 is 0 Å². The largest absolute Gasteiger partial charge is 0.455 e. The molecule has 5 rings (SSSR count). The van der Waals surface area contributed by atoms with E-state index in [1.165, 1.54) is 62.2 Å². The van der Waals surface area contributed by atoms with Crippen LogP contribution in [0.15, 0.2) is 77.2 Å². The Morgan fingerprint density at radius 1 is 1.00 bits per heavy atom. The third-order valence-corrected chi connectivity index (χ3v) is 8.57. The van der Waals surface area contributed by atoms with E-state index in [4.69, 9.17) is 4.42 Å². The average Bonchev–Trinajstić information content (AvgIpc) is 3.42. The van der Waals surface area contributed by atoms with Crippen molar-refractivity contribution in [2.75, 3.05) is 43.5 Å². The third-order valence-electron chi connectivity index (χ3n) is 6.69. The summed E-state index contributed by atoms with van der Waals surface area (Å²) in [5.74, 6) is 1.09. The second-order valence-corrected chi connectivity index (χ2v) is 11.4. The van der Waals surface area contributed by atoms with E-state index in [2.05, 4.69) is 40.0 Å². The summed E-state index contributed by atoms with van der Waals surface area (Å²) in [5.41, 5.74) is 4.16. The van der Waals surface area contributed by atoms with E-state index in [1.807, 2.05) is 61.6 Å². The molecule has 5 nitrogen and oxygen atoms in total. The molecule has 1 aliphatic heterocycles. The van der Waals surface area contributed by atoms with Crippen molar-refractivity contribution in [2.45, 2.75) is 39.5 Å². The number of furan rings is 1. The average molecular weight is 596 g/mol. The van der Waals surface area contributed by atoms with Crippen LogP contribution in [0.1, 0.15) is 49.0 Å². The van der Waals surface area contributed by atoms with Crippen LogP contribution < -0.4 is 9.62 Å². The van der Waals surface area contributed by atoms with Crippen LogP contribution in [0.5, 0.6) is 0 Å². The first-order valence-corrected chi connectivity index (χ1v) is 16.4. The van der Waals surface area contributed by atoms with Gasteiger partial charge >= 0.3 is 0 Å². The SMILES string of the molecule is CC.CNC(=O)c1c(-c2ccc(F)cc2)oc2cc(N(C)SC)ccc12.c1ccc(CCSN2CCCCC2)cc1. The van der Waals surface area contributed by atoms with Gasteiger partial charge in [0.2, 0.25) is 0 Å². The van der Waals surface area contributed by atoms with Crippen LogP contribution in [0.3, 0.4) is 0 Å². The first-order valence-electron chi connectivity index (χ1n) is 14.2. The van der Waals surface area contributed by atoms with E-state index in [1.54, 1.807) is 31.1 Å².